The molecule has 0 spiro atoms. The van der Waals surface area contributed by atoms with Gasteiger partial charge in [0, 0.05) is 37.3 Å². The van der Waals surface area contributed by atoms with Crippen molar-refractivity contribution in [2.24, 2.45) is 0 Å². The van der Waals surface area contributed by atoms with Gasteiger partial charge in [-0.1, -0.05) is 11.8 Å². The molecule has 1 aromatic rings. The van der Waals surface area contributed by atoms with Gasteiger partial charge >= 0.3 is 0 Å². The Morgan fingerprint density at radius 2 is 2.24 bits per heavy atom. The van der Waals surface area contributed by atoms with Crippen molar-refractivity contribution in [2.75, 3.05) is 25.1 Å². The molecule has 4 nitrogen and oxygen atoms in total. The van der Waals surface area contributed by atoms with E-state index >= 15 is 0 Å². The predicted molar refractivity (Wildman–Crippen MR) is 84.1 cm³/mol. The van der Waals surface area contributed by atoms with Gasteiger partial charge in [0.1, 0.15) is 0 Å². The molecule has 0 radical (unpaired) electrons. The van der Waals surface area contributed by atoms with E-state index < -0.39 is 0 Å². The zero-order chi connectivity index (χ0) is 15.5. The molecular formula is C17H23NO3. The third-order valence-corrected chi connectivity index (χ3v) is 2.87. The number of anilines is 1. The minimum atomic E-state index is -0.00628. The van der Waals surface area contributed by atoms with E-state index in [1.807, 2.05) is 32.0 Å². The lowest BCUT2D eigenvalue weighted by Gasteiger charge is -2.07. The lowest BCUT2D eigenvalue weighted by atomic mass is 10.1. The monoisotopic (exact) mass is 289 g/mol. The first-order chi connectivity index (χ1) is 10.2. The van der Waals surface area contributed by atoms with Crippen LogP contribution in [0.4, 0.5) is 5.69 Å². The van der Waals surface area contributed by atoms with Gasteiger partial charge in [-0.25, -0.2) is 0 Å². The molecule has 1 rings (SSSR count). The van der Waals surface area contributed by atoms with Gasteiger partial charge < -0.3 is 15.2 Å². The molecule has 114 valence electrons. The summed E-state index contributed by atoms with van der Waals surface area (Å²) in [7, 11) is 0. The molecule has 21 heavy (non-hydrogen) atoms. The Hall–Kier alpha value is -1.83. The van der Waals surface area contributed by atoms with Gasteiger partial charge in [0.25, 0.3) is 0 Å². The Kier molecular flexibility index (Phi) is 8.18. The van der Waals surface area contributed by atoms with Gasteiger partial charge in [-0.3, -0.25) is 4.79 Å². The summed E-state index contributed by atoms with van der Waals surface area (Å²) >= 11 is 0. The molecule has 0 aliphatic rings. The number of ether oxygens (including phenoxy) is 1. The van der Waals surface area contributed by atoms with Crippen LogP contribution in [0.3, 0.4) is 0 Å². The van der Waals surface area contributed by atoms with E-state index in [1.54, 1.807) is 0 Å². The number of aryl methyl sites for hydroxylation is 1. The number of rotatable bonds is 7. The average Bonchev–Trinajstić information content (AvgIpc) is 2.46. The topological polar surface area (TPSA) is 58.6 Å². The lowest BCUT2D eigenvalue weighted by molar-refractivity contribution is -0.116. The van der Waals surface area contributed by atoms with Crippen LogP contribution in [0, 0.1) is 18.8 Å². The Morgan fingerprint density at radius 3 is 2.90 bits per heavy atom. The highest BCUT2D eigenvalue weighted by atomic mass is 16.5. The van der Waals surface area contributed by atoms with Crippen LogP contribution in [0.15, 0.2) is 18.2 Å². The molecule has 0 bridgehead atoms. The molecule has 0 saturated heterocycles. The van der Waals surface area contributed by atoms with Gasteiger partial charge in [0.15, 0.2) is 0 Å². The summed E-state index contributed by atoms with van der Waals surface area (Å²) < 4.78 is 5.20. The zero-order valence-electron chi connectivity index (χ0n) is 12.7. The Balaban J connectivity index is 2.52. The van der Waals surface area contributed by atoms with Gasteiger partial charge in [-0.05, 0) is 44.0 Å². The fourth-order valence-electron chi connectivity index (χ4n) is 1.80. The van der Waals surface area contributed by atoms with Crippen molar-refractivity contribution in [1.29, 1.82) is 0 Å². The van der Waals surface area contributed by atoms with Crippen LogP contribution in [0.1, 0.15) is 37.3 Å². The normalized spacial score (nSPS) is 9.86. The molecule has 0 fully saturated rings. The first-order valence-corrected chi connectivity index (χ1v) is 7.25. The number of nitrogens with one attached hydrogen (secondary N) is 1. The summed E-state index contributed by atoms with van der Waals surface area (Å²) in [5.41, 5.74) is 2.70. The lowest BCUT2D eigenvalue weighted by Crippen LogP contribution is -2.12. The van der Waals surface area contributed by atoms with E-state index in [2.05, 4.69) is 17.2 Å². The van der Waals surface area contributed by atoms with Crippen LogP contribution >= 0.6 is 0 Å². The van der Waals surface area contributed by atoms with Crippen LogP contribution in [-0.2, 0) is 9.53 Å². The van der Waals surface area contributed by atoms with Gasteiger partial charge in [-0.15, -0.1) is 0 Å². The summed E-state index contributed by atoms with van der Waals surface area (Å²) in [5, 5.41) is 11.6. The van der Waals surface area contributed by atoms with Crippen LogP contribution in [-0.4, -0.2) is 30.8 Å². The first-order valence-electron chi connectivity index (χ1n) is 7.25. The highest BCUT2D eigenvalue weighted by Crippen LogP contribution is 2.15. The van der Waals surface area contributed by atoms with Crippen LogP contribution in [0.25, 0.3) is 0 Å². The molecular weight excluding hydrogens is 266 g/mol. The molecule has 4 heteroatoms. The second-order valence-electron chi connectivity index (χ2n) is 4.65. The third kappa shape index (κ3) is 6.94. The number of hydrogen-bond donors (Lipinski definition) is 2. The van der Waals surface area contributed by atoms with Crippen molar-refractivity contribution in [3.63, 3.8) is 0 Å². The predicted octanol–water partition coefficient (Wildman–Crippen LogP) is 2.48. The first kappa shape index (κ1) is 17.2. The minimum absolute atomic E-state index is 0.00628. The maximum absolute atomic E-state index is 11.8. The summed E-state index contributed by atoms with van der Waals surface area (Å²) in [6, 6.07) is 5.63. The van der Waals surface area contributed by atoms with Crippen molar-refractivity contribution in [1.82, 2.24) is 0 Å². The summed E-state index contributed by atoms with van der Waals surface area (Å²) in [6.07, 6.45) is 1.65. The Bertz CT molecular complexity index is 515. The molecule has 0 heterocycles. The van der Waals surface area contributed by atoms with E-state index in [9.17, 15) is 4.79 Å². The average molecular weight is 289 g/mol. The van der Waals surface area contributed by atoms with Crippen LogP contribution in [0.5, 0.6) is 0 Å². The highest BCUT2D eigenvalue weighted by molar-refractivity contribution is 5.90. The van der Waals surface area contributed by atoms with Crippen molar-refractivity contribution in [2.45, 2.75) is 33.1 Å². The Labute approximate surface area is 126 Å². The minimum Gasteiger partial charge on any atom is -0.395 e. The molecule has 0 unspecified atom stereocenters. The van der Waals surface area contributed by atoms with E-state index in [-0.39, 0.29) is 12.5 Å². The second kappa shape index (κ2) is 9.98. The highest BCUT2D eigenvalue weighted by Gasteiger charge is 2.03. The van der Waals surface area contributed by atoms with Crippen molar-refractivity contribution in [3.05, 3.63) is 29.3 Å². The van der Waals surface area contributed by atoms with Gasteiger partial charge in [0.2, 0.25) is 5.91 Å². The molecule has 0 aliphatic heterocycles. The Morgan fingerprint density at radius 1 is 1.43 bits per heavy atom. The smallest absolute Gasteiger partial charge is 0.224 e. The number of aliphatic hydroxyl groups is 1. The SMILES string of the molecule is CCOCCCC(=O)Nc1ccc(C#CCCO)c(C)c1. The summed E-state index contributed by atoms with van der Waals surface area (Å²) in [4.78, 5) is 11.8. The summed E-state index contributed by atoms with van der Waals surface area (Å²) in [6.45, 7) is 5.26. The maximum Gasteiger partial charge on any atom is 0.224 e. The number of benzene rings is 1. The third-order valence-electron chi connectivity index (χ3n) is 2.87. The largest absolute Gasteiger partial charge is 0.395 e. The summed E-state index contributed by atoms with van der Waals surface area (Å²) in [5.74, 6) is 5.89. The fraction of sp³-hybridized carbons (Fsp3) is 0.471. The van der Waals surface area contributed by atoms with Crippen molar-refractivity contribution >= 4 is 11.6 Å². The number of amides is 1. The van der Waals surface area contributed by atoms with E-state index in [0.29, 0.717) is 26.1 Å². The van der Waals surface area contributed by atoms with Gasteiger partial charge in [-0.2, -0.15) is 0 Å². The quantitative estimate of drug-likeness (QED) is 0.599. The number of aliphatic hydroxyl groups excluding tert-OH is 1. The number of carbonyl (C=O) groups is 1. The molecule has 0 saturated carbocycles. The van der Waals surface area contributed by atoms with Gasteiger partial charge in [0.05, 0.1) is 6.61 Å². The fourth-order valence-corrected chi connectivity index (χ4v) is 1.80. The van der Waals surface area contributed by atoms with Crippen LogP contribution in [0.2, 0.25) is 0 Å². The van der Waals surface area contributed by atoms with E-state index in [0.717, 1.165) is 23.2 Å². The number of carbonyl (C=O) groups excluding carboxylic acids is 1. The van der Waals surface area contributed by atoms with E-state index in [1.165, 1.54) is 0 Å². The maximum atomic E-state index is 11.8. The molecule has 0 aliphatic carbocycles. The molecule has 2 N–H and O–H groups in total. The number of hydrogen-bond acceptors (Lipinski definition) is 3. The van der Waals surface area contributed by atoms with Crippen LogP contribution < -0.4 is 5.32 Å². The van der Waals surface area contributed by atoms with E-state index in [4.69, 9.17) is 9.84 Å². The standard InChI is InChI=1S/C17H23NO3/c1-3-21-12-6-8-17(20)18-16-10-9-15(14(2)13-16)7-4-5-11-19/h9-10,13,19H,3,5-6,8,11-12H2,1-2H3,(H,18,20). The second-order valence-corrected chi connectivity index (χ2v) is 4.65. The molecule has 1 amide bonds. The van der Waals surface area contributed by atoms with Crippen molar-refractivity contribution < 1.29 is 14.6 Å². The molecule has 0 atom stereocenters. The molecule has 0 aromatic heterocycles. The molecule has 1 aromatic carbocycles. The zero-order valence-corrected chi connectivity index (χ0v) is 12.7. The van der Waals surface area contributed by atoms with Crippen molar-refractivity contribution in [3.8, 4) is 11.8 Å².